The Morgan fingerprint density at radius 1 is 1.31 bits per heavy atom. The zero-order chi connectivity index (χ0) is 10.2. The Morgan fingerprint density at radius 2 is 1.85 bits per heavy atom. The largest absolute Gasteiger partial charge is 0.292 e. The summed E-state index contributed by atoms with van der Waals surface area (Å²) < 4.78 is 25.2. The van der Waals surface area contributed by atoms with Gasteiger partial charge in [0.15, 0.2) is 11.6 Å². The van der Waals surface area contributed by atoms with Gasteiger partial charge in [-0.05, 0) is 0 Å². The molecule has 0 saturated carbocycles. The number of nitro benzene ring substituents is 1. The van der Waals surface area contributed by atoms with Crippen LogP contribution in [0.5, 0.6) is 0 Å². The number of hydrogen-bond acceptors (Lipinski definition) is 2. The predicted octanol–water partition coefficient (Wildman–Crippen LogP) is 3.18. The second-order valence-corrected chi connectivity index (χ2v) is 2.83. The van der Waals surface area contributed by atoms with Gasteiger partial charge < -0.3 is 0 Å². The Kier molecular flexibility index (Phi) is 2.68. The molecule has 0 N–H and O–H groups in total. The van der Waals surface area contributed by atoms with Crippen molar-refractivity contribution in [3.8, 4) is 0 Å². The van der Waals surface area contributed by atoms with Crippen molar-refractivity contribution >= 4 is 28.9 Å². The molecule has 0 fully saturated rings. The van der Waals surface area contributed by atoms with Gasteiger partial charge in [-0.25, -0.2) is 8.78 Å². The van der Waals surface area contributed by atoms with E-state index in [0.717, 1.165) is 0 Å². The van der Waals surface area contributed by atoms with Crippen LogP contribution in [0.1, 0.15) is 0 Å². The topological polar surface area (TPSA) is 43.1 Å². The molecule has 1 aromatic rings. The summed E-state index contributed by atoms with van der Waals surface area (Å²) in [6, 6.07) is 0.379. The first-order valence-corrected chi connectivity index (χ1v) is 3.68. The molecule has 0 aliphatic rings. The molecule has 7 heteroatoms. The average Bonchev–Trinajstić information content (AvgIpc) is 2.07. The summed E-state index contributed by atoms with van der Waals surface area (Å²) in [5, 5.41) is 8.82. The van der Waals surface area contributed by atoms with Crippen LogP contribution in [0.4, 0.5) is 14.5 Å². The molecule has 70 valence electrons. The normalized spacial score (nSPS) is 10.2. The summed E-state index contributed by atoms with van der Waals surface area (Å²) in [4.78, 5) is 9.26. The molecular formula is C6HCl2F2NO2. The van der Waals surface area contributed by atoms with Gasteiger partial charge in [-0.3, -0.25) is 10.1 Å². The molecule has 0 amide bonds. The van der Waals surface area contributed by atoms with E-state index in [1.54, 1.807) is 0 Å². The first-order chi connectivity index (χ1) is 5.95. The zero-order valence-electron chi connectivity index (χ0n) is 5.85. The van der Waals surface area contributed by atoms with Gasteiger partial charge >= 0.3 is 0 Å². The Labute approximate surface area is 81.0 Å². The van der Waals surface area contributed by atoms with Gasteiger partial charge in [0.25, 0.3) is 5.69 Å². The van der Waals surface area contributed by atoms with E-state index in [0.29, 0.717) is 6.07 Å². The molecule has 0 radical (unpaired) electrons. The van der Waals surface area contributed by atoms with Crippen molar-refractivity contribution in [3.63, 3.8) is 0 Å². The van der Waals surface area contributed by atoms with Gasteiger partial charge in [0.2, 0.25) is 0 Å². The minimum Gasteiger partial charge on any atom is -0.258 e. The first-order valence-electron chi connectivity index (χ1n) is 2.92. The van der Waals surface area contributed by atoms with Crippen LogP contribution in [0.15, 0.2) is 6.07 Å². The fraction of sp³-hybridized carbons (Fsp3) is 0. The predicted molar refractivity (Wildman–Crippen MR) is 43.0 cm³/mol. The molecular weight excluding hydrogens is 227 g/mol. The SMILES string of the molecule is O=[N+]([O-])c1cc(F)c(F)c(Cl)c1Cl. The van der Waals surface area contributed by atoms with Crippen LogP contribution in [-0.4, -0.2) is 4.92 Å². The van der Waals surface area contributed by atoms with E-state index in [9.17, 15) is 18.9 Å². The molecule has 0 aliphatic heterocycles. The van der Waals surface area contributed by atoms with Crippen molar-refractivity contribution in [2.24, 2.45) is 0 Å². The molecule has 3 nitrogen and oxygen atoms in total. The standard InChI is InChI=1S/C6HCl2F2NO2/c7-4-3(11(12)13)1-2(9)6(10)5(4)8/h1H. The van der Waals surface area contributed by atoms with Crippen LogP contribution in [0, 0.1) is 21.7 Å². The van der Waals surface area contributed by atoms with Crippen LogP contribution in [0.25, 0.3) is 0 Å². The van der Waals surface area contributed by atoms with Crippen molar-refractivity contribution < 1.29 is 13.7 Å². The highest BCUT2D eigenvalue weighted by Crippen LogP contribution is 2.34. The Balaban J connectivity index is 3.50. The van der Waals surface area contributed by atoms with Gasteiger partial charge in [-0.1, -0.05) is 23.2 Å². The minimum atomic E-state index is -1.40. The quantitative estimate of drug-likeness (QED) is 0.320. The molecule has 0 unspecified atom stereocenters. The number of halogens is 4. The van der Waals surface area contributed by atoms with Crippen molar-refractivity contribution in [3.05, 3.63) is 37.9 Å². The number of hydrogen-bond donors (Lipinski definition) is 0. The fourth-order valence-electron chi connectivity index (χ4n) is 0.693. The maximum absolute atomic E-state index is 12.6. The smallest absolute Gasteiger partial charge is 0.258 e. The lowest BCUT2D eigenvalue weighted by molar-refractivity contribution is -0.384. The molecule has 0 heterocycles. The van der Waals surface area contributed by atoms with Gasteiger partial charge in [0, 0.05) is 0 Å². The van der Waals surface area contributed by atoms with Crippen LogP contribution in [0.3, 0.4) is 0 Å². The first kappa shape index (κ1) is 10.1. The van der Waals surface area contributed by atoms with E-state index in [-0.39, 0.29) is 0 Å². The Hall–Kier alpha value is -0.940. The highest BCUT2D eigenvalue weighted by molar-refractivity contribution is 6.43. The van der Waals surface area contributed by atoms with E-state index >= 15 is 0 Å². The van der Waals surface area contributed by atoms with E-state index in [4.69, 9.17) is 23.2 Å². The lowest BCUT2D eigenvalue weighted by atomic mass is 10.3. The summed E-state index contributed by atoms with van der Waals surface area (Å²) >= 11 is 10.5. The molecule has 0 atom stereocenters. The molecule has 1 rings (SSSR count). The second-order valence-electron chi connectivity index (χ2n) is 2.08. The molecule has 0 bridgehead atoms. The highest BCUT2D eigenvalue weighted by Gasteiger charge is 2.22. The molecule has 0 spiro atoms. The van der Waals surface area contributed by atoms with Gasteiger partial charge in [-0.2, -0.15) is 0 Å². The molecule has 0 saturated heterocycles. The molecule has 13 heavy (non-hydrogen) atoms. The summed E-state index contributed by atoms with van der Waals surface area (Å²) in [7, 11) is 0. The zero-order valence-corrected chi connectivity index (χ0v) is 7.36. The third-order valence-corrected chi connectivity index (χ3v) is 2.11. The third-order valence-electron chi connectivity index (χ3n) is 1.28. The summed E-state index contributed by atoms with van der Waals surface area (Å²) in [5.74, 6) is -2.79. The van der Waals surface area contributed by atoms with E-state index in [2.05, 4.69) is 0 Å². The van der Waals surface area contributed by atoms with Crippen molar-refractivity contribution in [1.29, 1.82) is 0 Å². The maximum atomic E-state index is 12.6. The van der Waals surface area contributed by atoms with Crippen LogP contribution in [-0.2, 0) is 0 Å². The Morgan fingerprint density at radius 3 is 2.31 bits per heavy atom. The lowest BCUT2D eigenvalue weighted by Crippen LogP contribution is -1.94. The minimum absolute atomic E-state index is 0.379. The van der Waals surface area contributed by atoms with Gasteiger partial charge in [-0.15, -0.1) is 0 Å². The maximum Gasteiger partial charge on any atom is 0.292 e. The van der Waals surface area contributed by atoms with Gasteiger partial charge in [0.1, 0.15) is 10.0 Å². The van der Waals surface area contributed by atoms with Crippen molar-refractivity contribution in [1.82, 2.24) is 0 Å². The summed E-state index contributed by atoms with van der Waals surface area (Å²) in [6.45, 7) is 0. The number of benzene rings is 1. The van der Waals surface area contributed by atoms with Crippen LogP contribution >= 0.6 is 23.2 Å². The van der Waals surface area contributed by atoms with E-state index in [1.165, 1.54) is 0 Å². The monoisotopic (exact) mass is 227 g/mol. The van der Waals surface area contributed by atoms with Crippen LogP contribution in [0.2, 0.25) is 10.0 Å². The summed E-state index contributed by atoms with van der Waals surface area (Å²) in [6.07, 6.45) is 0. The number of nitrogens with zero attached hydrogens (tertiary/aromatic N) is 1. The summed E-state index contributed by atoms with van der Waals surface area (Å²) in [5.41, 5.74) is -0.759. The fourth-order valence-corrected chi connectivity index (χ4v) is 1.09. The number of rotatable bonds is 1. The molecule has 0 aromatic heterocycles. The molecule has 1 aromatic carbocycles. The molecule has 0 aliphatic carbocycles. The number of nitro groups is 1. The third kappa shape index (κ3) is 1.71. The Bertz CT molecular complexity index is 383. The van der Waals surface area contributed by atoms with E-state index < -0.39 is 32.3 Å². The second kappa shape index (κ2) is 3.43. The van der Waals surface area contributed by atoms with Crippen molar-refractivity contribution in [2.45, 2.75) is 0 Å². The van der Waals surface area contributed by atoms with Gasteiger partial charge in [0.05, 0.1) is 11.0 Å². The van der Waals surface area contributed by atoms with E-state index in [1.807, 2.05) is 0 Å². The van der Waals surface area contributed by atoms with Crippen LogP contribution < -0.4 is 0 Å². The lowest BCUT2D eigenvalue weighted by Gasteiger charge is -1.99. The average molecular weight is 228 g/mol. The highest BCUT2D eigenvalue weighted by atomic mass is 35.5. The van der Waals surface area contributed by atoms with Crippen molar-refractivity contribution in [2.75, 3.05) is 0 Å².